The first-order valence-electron chi connectivity index (χ1n) is 6.37. The van der Waals surface area contributed by atoms with Crippen LogP contribution in [-0.4, -0.2) is 45.9 Å². The molecule has 8 heteroatoms. The molecule has 0 saturated carbocycles. The number of nitrogens with one attached hydrogen (secondary N) is 1. The Morgan fingerprint density at radius 3 is 2.38 bits per heavy atom. The number of hydrogen-bond acceptors (Lipinski definition) is 5. The first kappa shape index (κ1) is 17.4. The Bertz CT molecular complexity index is 555. The highest BCUT2D eigenvalue weighted by Crippen LogP contribution is 2.16. The van der Waals surface area contributed by atoms with Crippen molar-refractivity contribution in [2.45, 2.75) is 24.3 Å². The second kappa shape index (κ2) is 7.96. The van der Waals surface area contributed by atoms with Gasteiger partial charge in [-0.25, -0.2) is 8.42 Å². The van der Waals surface area contributed by atoms with E-state index in [0.29, 0.717) is 19.0 Å². The van der Waals surface area contributed by atoms with E-state index >= 15 is 0 Å². The van der Waals surface area contributed by atoms with Crippen LogP contribution < -0.4 is 9.46 Å². The van der Waals surface area contributed by atoms with Crippen LogP contribution in [0.2, 0.25) is 0 Å². The molecule has 118 valence electrons. The molecule has 0 fully saturated rings. The van der Waals surface area contributed by atoms with E-state index < -0.39 is 22.0 Å². The predicted molar refractivity (Wildman–Crippen MR) is 75.8 cm³/mol. The highest BCUT2D eigenvalue weighted by molar-refractivity contribution is 7.89. The summed E-state index contributed by atoms with van der Waals surface area (Å²) in [6.07, 6.45) is 0.159. The fourth-order valence-corrected chi connectivity index (χ4v) is 2.79. The molecule has 2 N–H and O–H groups in total. The zero-order valence-electron chi connectivity index (χ0n) is 11.9. The van der Waals surface area contributed by atoms with Gasteiger partial charge in [-0.2, -0.15) is 4.72 Å². The van der Waals surface area contributed by atoms with Crippen LogP contribution in [0.5, 0.6) is 5.75 Å². The molecule has 1 unspecified atom stereocenters. The third-order valence-corrected chi connectivity index (χ3v) is 4.18. The number of carbonyl (C=O) groups is 1. The molecule has 1 atom stereocenters. The minimum absolute atomic E-state index is 0.0127. The van der Waals surface area contributed by atoms with E-state index in [1.165, 1.54) is 24.3 Å². The van der Waals surface area contributed by atoms with Crippen LogP contribution in [0.3, 0.4) is 0 Å². The Morgan fingerprint density at radius 1 is 1.29 bits per heavy atom. The van der Waals surface area contributed by atoms with Gasteiger partial charge in [0, 0.05) is 7.11 Å². The normalized spacial score (nSPS) is 12.9. The first-order valence-corrected chi connectivity index (χ1v) is 7.86. The SMILES string of the molecule is CCC(NS(=O)(=O)c1ccc(OCCOC)cc1)C(=O)O. The van der Waals surface area contributed by atoms with Crippen molar-refractivity contribution in [1.82, 2.24) is 4.72 Å². The van der Waals surface area contributed by atoms with E-state index in [1.807, 2.05) is 0 Å². The molecule has 0 heterocycles. The Morgan fingerprint density at radius 2 is 1.90 bits per heavy atom. The second-order valence-corrected chi connectivity index (χ2v) is 5.95. The average Bonchev–Trinajstić information content (AvgIpc) is 2.45. The van der Waals surface area contributed by atoms with Gasteiger partial charge in [-0.1, -0.05) is 6.92 Å². The van der Waals surface area contributed by atoms with Gasteiger partial charge in [0.05, 0.1) is 11.5 Å². The number of aliphatic carboxylic acids is 1. The van der Waals surface area contributed by atoms with Gasteiger partial charge < -0.3 is 14.6 Å². The van der Waals surface area contributed by atoms with Gasteiger partial charge in [-0.3, -0.25) is 4.79 Å². The summed E-state index contributed by atoms with van der Waals surface area (Å²) in [5.41, 5.74) is 0. The summed E-state index contributed by atoms with van der Waals surface area (Å²) in [4.78, 5) is 10.9. The van der Waals surface area contributed by atoms with E-state index in [-0.39, 0.29) is 11.3 Å². The van der Waals surface area contributed by atoms with Gasteiger partial charge in [0.2, 0.25) is 10.0 Å². The quantitative estimate of drug-likeness (QED) is 0.655. The van der Waals surface area contributed by atoms with E-state index in [0.717, 1.165) is 0 Å². The van der Waals surface area contributed by atoms with Crippen molar-refractivity contribution in [2.24, 2.45) is 0 Å². The Hall–Kier alpha value is -1.64. The van der Waals surface area contributed by atoms with Gasteiger partial charge in [0.1, 0.15) is 18.4 Å². The summed E-state index contributed by atoms with van der Waals surface area (Å²) >= 11 is 0. The fourth-order valence-electron chi connectivity index (χ4n) is 1.52. The summed E-state index contributed by atoms with van der Waals surface area (Å²) in [7, 11) is -2.32. The van der Waals surface area contributed by atoms with E-state index in [2.05, 4.69) is 4.72 Å². The number of carboxylic acid groups (broad SMARTS) is 1. The Labute approximate surface area is 123 Å². The smallest absolute Gasteiger partial charge is 0.321 e. The van der Waals surface area contributed by atoms with Crippen molar-refractivity contribution < 1.29 is 27.8 Å². The predicted octanol–water partition coefficient (Wildman–Crippen LogP) is 0.853. The fraction of sp³-hybridized carbons (Fsp3) is 0.462. The average molecular weight is 317 g/mol. The zero-order valence-corrected chi connectivity index (χ0v) is 12.7. The summed E-state index contributed by atoms with van der Waals surface area (Å²) in [6, 6.07) is 4.59. The highest BCUT2D eigenvalue weighted by Gasteiger charge is 2.23. The molecule has 21 heavy (non-hydrogen) atoms. The van der Waals surface area contributed by atoms with Crippen LogP contribution in [0.15, 0.2) is 29.2 Å². The first-order chi connectivity index (χ1) is 9.90. The Kier molecular flexibility index (Phi) is 6.60. The molecule has 0 aromatic heterocycles. The monoisotopic (exact) mass is 317 g/mol. The van der Waals surface area contributed by atoms with Crippen molar-refractivity contribution in [3.8, 4) is 5.75 Å². The summed E-state index contributed by atoms with van der Waals surface area (Å²) in [6.45, 7) is 2.38. The van der Waals surface area contributed by atoms with E-state index in [9.17, 15) is 13.2 Å². The van der Waals surface area contributed by atoms with Gasteiger partial charge in [-0.05, 0) is 30.7 Å². The third-order valence-electron chi connectivity index (χ3n) is 2.69. The molecule has 7 nitrogen and oxygen atoms in total. The summed E-state index contributed by atoms with van der Waals surface area (Å²) < 4.78 is 36.4. The number of carboxylic acids is 1. The van der Waals surface area contributed by atoms with Crippen LogP contribution >= 0.6 is 0 Å². The lowest BCUT2D eigenvalue weighted by Crippen LogP contribution is -2.40. The maximum absolute atomic E-state index is 12.0. The number of methoxy groups -OCH3 is 1. The molecule has 0 bridgehead atoms. The van der Waals surface area contributed by atoms with Crippen LogP contribution in [0, 0.1) is 0 Å². The van der Waals surface area contributed by atoms with Crippen LogP contribution in [-0.2, 0) is 19.6 Å². The maximum Gasteiger partial charge on any atom is 0.321 e. The van der Waals surface area contributed by atoms with Gasteiger partial charge in [-0.15, -0.1) is 0 Å². The Balaban J connectivity index is 2.77. The molecule has 1 rings (SSSR count). The van der Waals surface area contributed by atoms with E-state index in [1.54, 1.807) is 14.0 Å². The topological polar surface area (TPSA) is 102 Å². The molecule has 0 spiro atoms. The lowest BCUT2D eigenvalue weighted by Gasteiger charge is -2.13. The molecule has 0 radical (unpaired) electrons. The molecular weight excluding hydrogens is 298 g/mol. The number of sulfonamides is 1. The van der Waals surface area contributed by atoms with Crippen LogP contribution in [0.4, 0.5) is 0 Å². The number of rotatable bonds is 9. The molecule has 0 aliphatic heterocycles. The van der Waals surface area contributed by atoms with Gasteiger partial charge in [0.15, 0.2) is 0 Å². The number of hydrogen-bond donors (Lipinski definition) is 2. The molecule has 0 amide bonds. The number of benzene rings is 1. The molecule has 0 aliphatic rings. The van der Waals surface area contributed by atoms with Crippen molar-refractivity contribution in [1.29, 1.82) is 0 Å². The molecule has 0 aliphatic carbocycles. The minimum atomic E-state index is -3.87. The second-order valence-electron chi connectivity index (χ2n) is 4.23. The molecular formula is C13H19NO6S. The summed E-state index contributed by atoms with van der Waals surface area (Å²) in [5, 5.41) is 8.89. The van der Waals surface area contributed by atoms with Gasteiger partial charge in [0.25, 0.3) is 0 Å². The van der Waals surface area contributed by atoms with E-state index in [4.69, 9.17) is 14.6 Å². The van der Waals surface area contributed by atoms with Gasteiger partial charge >= 0.3 is 5.97 Å². The minimum Gasteiger partial charge on any atom is -0.491 e. The van der Waals surface area contributed by atoms with Crippen molar-refractivity contribution in [2.75, 3.05) is 20.3 Å². The number of ether oxygens (including phenoxy) is 2. The largest absolute Gasteiger partial charge is 0.491 e. The molecule has 1 aromatic carbocycles. The maximum atomic E-state index is 12.0. The van der Waals surface area contributed by atoms with Crippen LogP contribution in [0.25, 0.3) is 0 Å². The lowest BCUT2D eigenvalue weighted by atomic mass is 10.2. The van der Waals surface area contributed by atoms with Crippen molar-refractivity contribution in [3.05, 3.63) is 24.3 Å². The lowest BCUT2D eigenvalue weighted by molar-refractivity contribution is -0.139. The van der Waals surface area contributed by atoms with Crippen molar-refractivity contribution in [3.63, 3.8) is 0 Å². The molecule has 0 saturated heterocycles. The van der Waals surface area contributed by atoms with Crippen LogP contribution in [0.1, 0.15) is 13.3 Å². The highest BCUT2D eigenvalue weighted by atomic mass is 32.2. The van der Waals surface area contributed by atoms with Crippen molar-refractivity contribution >= 4 is 16.0 Å². The zero-order chi connectivity index (χ0) is 15.9. The molecule has 1 aromatic rings. The standard InChI is InChI=1S/C13H19NO6S/c1-3-12(13(15)16)14-21(17,18)11-6-4-10(5-7-11)20-9-8-19-2/h4-7,12,14H,3,8-9H2,1-2H3,(H,15,16). The summed E-state index contributed by atoms with van der Waals surface area (Å²) in [5.74, 6) is -0.697. The third kappa shape index (κ3) is 5.33.